The second-order valence-corrected chi connectivity index (χ2v) is 13.4. The molecule has 0 aromatic heterocycles. The van der Waals surface area contributed by atoms with Gasteiger partial charge in [-0.15, -0.1) is 0 Å². The molecule has 0 radical (unpaired) electrons. The summed E-state index contributed by atoms with van der Waals surface area (Å²) in [6.45, 7) is 15.8. The lowest BCUT2D eigenvalue weighted by Gasteiger charge is -2.43. The summed E-state index contributed by atoms with van der Waals surface area (Å²) in [5.41, 5.74) is 0.342. The number of carbonyl (C=O) groups excluding carboxylic acids is 3. The van der Waals surface area contributed by atoms with Crippen molar-refractivity contribution in [1.82, 2.24) is 0 Å². The van der Waals surface area contributed by atoms with Crippen LogP contribution in [-0.4, -0.2) is 45.3 Å². The Morgan fingerprint density at radius 2 is 1.41 bits per heavy atom. The van der Waals surface area contributed by atoms with Gasteiger partial charge >= 0.3 is 17.9 Å². The van der Waals surface area contributed by atoms with Gasteiger partial charge in [0.05, 0.1) is 38.4 Å². The van der Waals surface area contributed by atoms with E-state index >= 15 is 0 Å². The minimum Gasteiger partial charge on any atom is -0.494 e. The van der Waals surface area contributed by atoms with Gasteiger partial charge in [-0.2, -0.15) is 0 Å². The third kappa shape index (κ3) is 11.4. The molecule has 8 heteroatoms. The van der Waals surface area contributed by atoms with Crippen molar-refractivity contribution >= 4 is 24.0 Å². The third-order valence-corrected chi connectivity index (χ3v) is 7.62. The molecule has 0 heterocycles. The molecule has 242 valence electrons. The topological polar surface area (TPSA) is 97.4 Å². The first-order valence-electron chi connectivity index (χ1n) is 15.2. The fourth-order valence-corrected chi connectivity index (χ4v) is 4.73. The predicted octanol–water partition coefficient (Wildman–Crippen LogP) is 8.07. The molecular weight excluding hydrogens is 560 g/mol. The van der Waals surface area contributed by atoms with E-state index in [9.17, 15) is 14.4 Å². The van der Waals surface area contributed by atoms with E-state index in [0.717, 1.165) is 32.1 Å². The number of carbonyl (C=O) groups is 3. The van der Waals surface area contributed by atoms with Gasteiger partial charge in [0.1, 0.15) is 5.75 Å². The molecule has 0 aliphatic heterocycles. The molecule has 0 spiro atoms. The first-order valence-corrected chi connectivity index (χ1v) is 15.2. The van der Waals surface area contributed by atoms with Crippen molar-refractivity contribution in [3.63, 3.8) is 0 Å². The van der Waals surface area contributed by atoms with Gasteiger partial charge in [0.15, 0.2) is 11.5 Å². The molecule has 1 atom stereocenters. The second-order valence-electron chi connectivity index (χ2n) is 13.4. The standard InChI is InChI=1S/C36H50O8/c1-34(2,3)25-36(7,35(4,5)6)33(39)43-23-13-11-10-12-22-42-28-18-16-27(17-19-28)32(38)44-29-20-14-26(24-30(29)40-8)15-21-31(37)41-9/h14-21,24H,10-13,22-23,25H2,1-9H3/b21-15+. The lowest BCUT2D eigenvalue weighted by Crippen LogP contribution is -2.44. The minimum absolute atomic E-state index is 0.0271. The molecule has 0 amide bonds. The molecule has 0 bridgehead atoms. The number of esters is 3. The highest BCUT2D eigenvalue weighted by Crippen LogP contribution is 2.47. The maximum absolute atomic E-state index is 13.0. The summed E-state index contributed by atoms with van der Waals surface area (Å²) in [7, 11) is 2.77. The summed E-state index contributed by atoms with van der Waals surface area (Å²) in [6, 6.07) is 11.7. The molecule has 1 unspecified atom stereocenters. The van der Waals surface area contributed by atoms with Crippen LogP contribution in [0.4, 0.5) is 0 Å². The van der Waals surface area contributed by atoms with Crippen LogP contribution < -0.4 is 14.2 Å². The van der Waals surface area contributed by atoms with Gasteiger partial charge < -0.3 is 23.7 Å². The summed E-state index contributed by atoms with van der Waals surface area (Å²) >= 11 is 0. The van der Waals surface area contributed by atoms with Crippen molar-refractivity contribution in [2.75, 3.05) is 27.4 Å². The SMILES string of the molecule is COC(=O)/C=C/c1ccc(OC(=O)c2ccc(OCCCCCCOC(=O)C(C)(CC(C)(C)C)C(C)(C)C)cc2)c(OC)c1. The number of benzene rings is 2. The fourth-order valence-electron chi connectivity index (χ4n) is 4.73. The van der Waals surface area contributed by atoms with Gasteiger partial charge in [0.2, 0.25) is 0 Å². The Kier molecular flexibility index (Phi) is 13.5. The van der Waals surface area contributed by atoms with Crippen LogP contribution in [0.25, 0.3) is 6.08 Å². The van der Waals surface area contributed by atoms with Crippen LogP contribution in [0.1, 0.15) is 96.5 Å². The number of hydrogen-bond acceptors (Lipinski definition) is 8. The van der Waals surface area contributed by atoms with E-state index in [-0.39, 0.29) is 22.5 Å². The number of hydrogen-bond donors (Lipinski definition) is 0. The Bertz CT molecular complexity index is 1260. The van der Waals surface area contributed by atoms with Crippen molar-refractivity contribution < 1.29 is 38.1 Å². The Morgan fingerprint density at radius 3 is 1.98 bits per heavy atom. The van der Waals surface area contributed by atoms with Crippen LogP contribution in [0.15, 0.2) is 48.5 Å². The summed E-state index contributed by atoms with van der Waals surface area (Å²) < 4.78 is 27.0. The van der Waals surface area contributed by atoms with Gasteiger partial charge in [-0.25, -0.2) is 9.59 Å². The second kappa shape index (κ2) is 16.3. The monoisotopic (exact) mass is 610 g/mol. The molecule has 2 aromatic rings. The van der Waals surface area contributed by atoms with E-state index in [1.807, 2.05) is 6.92 Å². The number of methoxy groups -OCH3 is 2. The zero-order chi connectivity index (χ0) is 33.0. The Balaban J connectivity index is 1.75. The quantitative estimate of drug-likeness (QED) is 0.0864. The van der Waals surface area contributed by atoms with Gasteiger partial charge in [0, 0.05) is 6.08 Å². The Hall–Kier alpha value is -3.81. The minimum atomic E-state index is -0.546. The summed E-state index contributed by atoms with van der Waals surface area (Å²) in [6.07, 6.45) is 7.22. The van der Waals surface area contributed by atoms with Crippen molar-refractivity contribution in [3.8, 4) is 17.2 Å². The zero-order valence-corrected chi connectivity index (χ0v) is 27.9. The lowest BCUT2D eigenvalue weighted by molar-refractivity contribution is -0.165. The number of rotatable bonds is 15. The normalized spacial score (nSPS) is 13.2. The molecule has 2 rings (SSSR count). The summed E-state index contributed by atoms with van der Waals surface area (Å²) in [5, 5.41) is 0. The fraction of sp³-hybridized carbons (Fsp3) is 0.528. The molecule has 0 aliphatic carbocycles. The largest absolute Gasteiger partial charge is 0.494 e. The van der Waals surface area contributed by atoms with Crippen LogP contribution in [0.3, 0.4) is 0 Å². The van der Waals surface area contributed by atoms with Gasteiger partial charge in [-0.3, -0.25) is 4.79 Å². The van der Waals surface area contributed by atoms with E-state index < -0.39 is 17.4 Å². The molecule has 0 aliphatic rings. The number of ether oxygens (including phenoxy) is 5. The average molecular weight is 611 g/mol. The summed E-state index contributed by atoms with van der Waals surface area (Å²) in [5.74, 6) is 0.156. The maximum Gasteiger partial charge on any atom is 0.343 e. The van der Waals surface area contributed by atoms with Crippen LogP contribution in [0.2, 0.25) is 0 Å². The van der Waals surface area contributed by atoms with Crippen LogP contribution in [-0.2, 0) is 19.1 Å². The molecule has 0 saturated carbocycles. The van der Waals surface area contributed by atoms with Gasteiger partial charge in [0.25, 0.3) is 0 Å². The predicted molar refractivity (Wildman–Crippen MR) is 172 cm³/mol. The van der Waals surface area contributed by atoms with E-state index in [1.165, 1.54) is 20.3 Å². The molecular formula is C36H50O8. The average Bonchev–Trinajstić information content (AvgIpc) is 2.96. The van der Waals surface area contributed by atoms with E-state index in [4.69, 9.17) is 18.9 Å². The van der Waals surface area contributed by atoms with Gasteiger partial charge in [-0.1, -0.05) is 47.6 Å². The molecule has 2 aromatic carbocycles. The zero-order valence-electron chi connectivity index (χ0n) is 27.9. The Morgan fingerprint density at radius 1 is 0.773 bits per heavy atom. The van der Waals surface area contributed by atoms with Crippen molar-refractivity contribution in [3.05, 3.63) is 59.7 Å². The first-order chi connectivity index (χ1) is 20.6. The summed E-state index contributed by atoms with van der Waals surface area (Å²) in [4.78, 5) is 37.1. The highest BCUT2D eigenvalue weighted by Gasteiger charge is 2.47. The molecule has 0 N–H and O–H groups in total. The van der Waals surface area contributed by atoms with Crippen molar-refractivity contribution in [2.24, 2.45) is 16.2 Å². The Labute approximate surface area is 263 Å². The smallest absolute Gasteiger partial charge is 0.343 e. The maximum atomic E-state index is 13.0. The van der Waals surface area contributed by atoms with E-state index in [1.54, 1.807) is 48.5 Å². The molecule has 8 nitrogen and oxygen atoms in total. The van der Waals surface area contributed by atoms with Crippen molar-refractivity contribution in [1.29, 1.82) is 0 Å². The molecule has 0 saturated heterocycles. The molecule has 44 heavy (non-hydrogen) atoms. The van der Waals surface area contributed by atoms with E-state index in [2.05, 4.69) is 46.3 Å². The van der Waals surface area contributed by atoms with Crippen LogP contribution in [0.5, 0.6) is 17.2 Å². The van der Waals surface area contributed by atoms with Crippen LogP contribution in [0, 0.1) is 16.2 Å². The van der Waals surface area contributed by atoms with E-state index in [0.29, 0.717) is 35.8 Å². The lowest BCUT2D eigenvalue weighted by atomic mass is 9.61. The van der Waals surface area contributed by atoms with Gasteiger partial charge in [-0.05, 0) is 97.9 Å². The number of unbranched alkanes of at least 4 members (excludes halogenated alkanes) is 3. The molecule has 0 fully saturated rings. The first kappa shape index (κ1) is 36.4. The van der Waals surface area contributed by atoms with Crippen molar-refractivity contribution in [2.45, 2.75) is 80.6 Å². The highest BCUT2D eigenvalue weighted by molar-refractivity contribution is 5.91. The third-order valence-electron chi connectivity index (χ3n) is 7.62. The van der Waals surface area contributed by atoms with Crippen LogP contribution >= 0.6 is 0 Å². The highest BCUT2D eigenvalue weighted by atomic mass is 16.6.